The lowest BCUT2D eigenvalue weighted by atomic mass is 9.93. The van der Waals surface area contributed by atoms with Gasteiger partial charge in [0.25, 0.3) is 26.1 Å². The first-order valence-electron chi connectivity index (χ1n) is 12.5. The first kappa shape index (κ1) is 36.9. The molecule has 15 heteroatoms. The van der Waals surface area contributed by atoms with E-state index in [4.69, 9.17) is 20.2 Å². The van der Waals surface area contributed by atoms with Gasteiger partial charge in [0.15, 0.2) is 0 Å². The van der Waals surface area contributed by atoms with E-state index in [1.54, 1.807) is 60.7 Å². The number of anilines is 1. The summed E-state index contributed by atoms with van der Waals surface area (Å²) in [6.07, 6.45) is 1.43. The number of rotatable bonds is 9. The number of carboxylic acids is 1. The van der Waals surface area contributed by atoms with Crippen LogP contribution >= 0.6 is 0 Å². The van der Waals surface area contributed by atoms with Gasteiger partial charge in [-0.15, -0.1) is 0 Å². The molecule has 0 aliphatic heterocycles. The van der Waals surface area contributed by atoms with Gasteiger partial charge in [-0.25, -0.2) is 4.79 Å². The van der Waals surface area contributed by atoms with Crippen LogP contribution < -0.4 is 16.4 Å². The van der Waals surface area contributed by atoms with Crippen molar-refractivity contribution in [1.29, 1.82) is 5.41 Å². The molecule has 0 bridgehead atoms. The number of carboxylic acid groups (broad SMARTS) is 1. The standard InChI is InChI=1S/C26H28N4O3.2CH4O3S/c1-16(2)14-29-15-17-7-12-21(23(13-17)26(32)33)20-5-3-4-6-22(20)25(31)30-19-10-8-18(9-11-19)24(27)28;2*1-5(2,3)4/h3-13,16,29H,14-15H2,1-2H3,(H3,27,28)(H,30,31)(H,32,33);2*1H3,(H,2,3,4). The van der Waals surface area contributed by atoms with Crippen molar-refractivity contribution >= 4 is 43.6 Å². The van der Waals surface area contributed by atoms with Crippen LogP contribution in [0, 0.1) is 11.3 Å². The number of hydrogen-bond donors (Lipinski definition) is 7. The van der Waals surface area contributed by atoms with Crippen LogP contribution in [-0.4, -0.2) is 67.8 Å². The molecule has 0 unspecified atom stereocenters. The number of nitrogens with two attached hydrogens (primary N) is 1. The Hall–Kier alpha value is -4.15. The summed E-state index contributed by atoms with van der Waals surface area (Å²) in [5.74, 6) is -0.972. The van der Waals surface area contributed by atoms with Gasteiger partial charge in [0.1, 0.15) is 5.84 Å². The van der Waals surface area contributed by atoms with Crippen molar-refractivity contribution in [2.45, 2.75) is 20.4 Å². The van der Waals surface area contributed by atoms with E-state index in [1.165, 1.54) is 0 Å². The van der Waals surface area contributed by atoms with Crippen molar-refractivity contribution in [3.8, 4) is 11.1 Å². The molecule has 8 N–H and O–H groups in total. The summed E-state index contributed by atoms with van der Waals surface area (Å²) >= 11 is 0. The van der Waals surface area contributed by atoms with Crippen LogP contribution in [0.5, 0.6) is 0 Å². The molecule has 0 radical (unpaired) electrons. The Kier molecular flexibility index (Phi) is 14.1. The number of aromatic carboxylic acids is 1. The highest BCUT2D eigenvalue weighted by Gasteiger charge is 2.19. The molecule has 43 heavy (non-hydrogen) atoms. The minimum Gasteiger partial charge on any atom is -0.478 e. The van der Waals surface area contributed by atoms with Gasteiger partial charge in [0.2, 0.25) is 0 Å². The molecule has 0 fully saturated rings. The molecule has 13 nitrogen and oxygen atoms in total. The molecule has 0 aliphatic carbocycles. The molecule has 3 rings (SSSR count). The Labute approximate surface area is 251 Å². The number of hydrogen-bond acceptors (Lipinski definition) is 8. The number of amidine groups is 1. The lowest BCUT2D eigenvalue weighted by molar-refractivity contribution is 0.0697. The maximum absolute atomic E-state index is 13.0. The molecule has 0 aromatic heterocycles. The van der Waals surface area contributed by atoms with Crippen molar-refractivity contribution in [1.82, 2.24) is 5.32 Å². The van der Waals surface area contributed by atoms with E-state index in [-0.39, 0.29) is 17.3 Å². The fourth-order valence-corrected chi connectivity index (χ4v) is 3.47. The zero-order chi connectivity index (χ0) is 33.0. The van der Waals surface area contributed by atoms with E-state index < -0.39 is 26.2 Å². The fourth-order valence-electron chi connectivity index (χ4n) is 3.47. The zero-order valence-electron chi connectivity index (χ0n) is 24.0. The number of nitrogen functional groups attached to an aromatic ring is 1. The number of nitrogens with one attached hydrogen (secondary N) is 3. The second-order valence-corrected chi connectivity index (χ2v) is 12.6. The first-order chi connectivity index (χ1) is 19.8. The molecule has 0 aliphatic rings. The van der Waals surface area contributed by atoms with Crippen molar-refractivity contribution < 1.29 is 40.6 Å². The van der Waals surface area contributed by atoms with Crippen LogP contribution in [0.3, 0.4) is 0 Å². The molecule has 0 atom stereocenters. The minimum atomic E-state index is -3.67. The van der Waals surface area contributed by atoms with Crippen LogP contribution in [0.15, 0.2) is 66.7 Å². The topological polar surface area (TPSA) is 237 Å². The van der Waals surface area contributed by atoms with Gasteiger partial charge in [0, 0.05) is 23.4 Å². The van der Waals surface area contributed by atoms with Crippen LogP contribution in [0.1, 0.15) is 45.7 Å². The van der Waals surface area contributed by atoms with Gasteiger partial charge in [-0.05, 0) is 65.6 Å². The van der Waals surface area contributed by atoms with Gasteiger partial charge in [-0.2, -0.15) is 16.8 Å². The molecule has 234 valence electrons. The van der Waals surface area contributed by atoms with Crippen molar-refractivity contribution in [2.24, 2.45) is 11.7 Å². The summed E-state index contributed by atoms with van der Waals surface area (Å²) in [5, 5.41) is 23.5. The molecule has 0 heterocycles. The SMILES string of the molecule is CC(C)CNCc1ccc(-c2ccccc2C(=O)Nc2ccc(C(=N)N)cc2)c(C(=O)O)c1.CS(=O)(=O)O.CS(=O)(=O)O. The number of benzene rings is 3. The quantitative estimate of drug-likeness (QED) is 0.102. The average molecular weight is 637 g/mol. The number of amides is 1. The molecule has 0 spiro atoms. The highest BCUT2D eigenvalue weighted by molar-refractivity contribution is 7.85. The van der Waals surface area contributed by atoms with E-state index in [0.717, 1.165) is 12.1 Å². The normalized spacial score (nSPS) is 11.0. The molecular formula is C28H36N4O9S2. The van der Waals surface area contributed by atoms with Crippen molar-refractivity contribution in [3.05, 3.63) is 89.0 Å². The minimum absolute atomic E-state index is 0.0534. The maximum atomic E-state index is 13.0. The fraction of sp³-hybridized carbons (Fsp3) is 0.250. The predicted octanol–water partition coefficient (Wildman–Crippen LogP) is 3.34. The first-order valence-corrected chi connectivity index (χ1v) is 16.2. The van der Waals surface area contributed by atoms with Gasteiger partial charge in [0.05, 0.1) is 18.1 Å². The van der Waals surface area contributed by atoms with Crippen LogP contribution in [0.25, 0.3) is 11.1 Å². The van der Waals surface area contributed by atoms with E-state index in [0.29, 0.717) is 52.9 Å². The molecule has 1 amide bonds. The molecule has 3 aromatic carbocycles. The second kappa shape index (κ2) is 16.5. The van der Waals surface area contributed by atoms with Gasteiger partial charge < -0.3 is 21.5 Å². The molecule has 0 saturated carbocycles. The molecule has 0 saturated heterocycles. The van der Waals surface area contributed by atoms with E-state index in [1.807, 2.05) is 6.07 Å². The van der Waals surface area contributed by atoms with Crippen molar-refractivity contribution in [3.63, 3.8) is 0 Å². The predicted molar refractivity (Wildman–Crippen MR) is 166 cm³/mol. The summed E-state index contributed by atoms with van der Waals surface area (Å²) in [6.45, 7) is 5.62. The lowest BCUT2D eigenvalue weighted by Gasteiger charge is -2.14. The molecule has 3 aromatic rings. The summed E-state index contributed by atoms with van der Waals surface area (Å²) in [5.41, 5.74) is 8.96. The highest BCUT2D eigenvalue weighted by Crippen LogP contribution is 2.29. The molecular weight excluding hydrogens is 600 g/mol. The van der Waals surface area contributed by atoms with Gasteiger partial charge in [-0.1, -0.05) is 44.2 Å². The van der Waals surface area contributed by atoms with Crippen LogP contribution in [0.2, 0.25) is 0 Å². The maximum Gasteiger partial charge on any atom is 0.336 e. The Balaban J connectivity index is 0.000000798. The second-order valence-electron chi connectivity index (χ2n) is 9.67. The van der Waals surface area contributed by atoms with Crippen LogP contribution in [-0.2, 0) is 26.8 Å². The van der Waals surface area contributed by atoms with E-state index >= 15 is 0 Å². The highest BCUT2D eigenvalue weighted by atomic mass is 32.2. The average Bonchev–Trinajstić information content (AvgIpc) is 2.87. The Morgan fingerprint density at radius 3 is 1.86 bits per heavy atom. The van der Waals surface area contributed by atoms with Gasteiger partial charge in [-0.3, -0.25) is 19.3 Å². The Bertz CT molecular complexity index is 1590. The lowest BCUT2D eigenvalue weighted by Crippen LogP contribution is -2.19. The Morgan fingerprint density at radius 2 is 1.37 bits per heavy atom. The summed E-state index contributed by atoms with van der Waals surface area (Å²) < 4.78 is 51.7. The smallest absolute Gasteiger partial charge is 0.336 e. The Morgan fingerprint density at radius 1 is 0.860 bits per heavy atom. The van der Waals surface area contributed by atoms with E-state index in [2.05, 4.69) is 24.5 Å². The largest absolute Gasteiger partial charge is 0.478 e. The zero-order valence-corrected chi connectivity index (χ0v) is 25.7. The monoisotopic (exact) mass is 636 g/mol. The number of carbonyl (C=O) groups excluding carboxylic acids is 1. The third kappa shape index (κ3) is 15.6. The third-order valence-corrected chi connectivity index (χ3v) is 5.11. The number of carbonyl (C=O) groups is 2. The van der Waals surface area contributed by atoms with Crippen LogP contribution in [0.4, 0.5) is 5.69 Å². The van der Waals surface area contributed by atoms with Gasteiger partial charge >= 0.3 is 5.97 Å². The summed E-state index contributed by atoms with van der Waals surface area (Å²) in [6, 6.07) is 18.8. The van der Waals surface area contributed by atoms with E-state index in [9.17, 15) is 31.5 Å². The summed E-state index contributed by atoms with van der Waals surface area (Å²) in [7, 11) is -7.33. The van der Waals surface area contributed by atoms with Crippen molar-refractivity contribution in [2.75, 3.05) is 24.4 Å². The summed E-state index contributed by atoms with van der Waals surface area (Å²) in [4.78, 5) is 25.1. The third-order valence-electron chi connectivity index (χ3n) is 5.11.